The van der Waals surface area contributed by atoms with Crippen LogP contribution in [0.25, 0.3) is 11.1 Å². The van der Waals surface area contributed by atoms with Crippen molar-refractivity contribution < 1.29 is 9.90 Å². The van der Waals surface area contributed by atoms with Crippen LogP contribution in [0.1, 0.15) is 10.4 Å². The van der Waals surface area contributed by atoms with Crippen molar-refractivity contribution in [3.8, 4) is 16.9 Å². The zero-order valence-corrected chi connectivity index (χ0v) is 8.05. The molecule has 0 bridgehead atoms. The predicted molar refractivity (Wildman–Crippen MR) is 58.9 cm³/mol. The first-order chi connectivity index (χ1) is 7.33. The molecule has 15 heavy (non-hydrogen) atoms. The van der Waals surface area contributed by atoms with Gasteiger partial charge in [0.2, 0.25) is 0 Å². The van der Waals surface area contributed by atoms with Crippen LogP contribution in [0, 0.1) is 0 Å². The van der Waals surface area contributed by atoms with E-state index in [0.717, 1.165) is 11.8 Å². The van der Waals surface area contributed by atoms with Gasteiger partial charge >= 0.3 is 0 Å². The molecule has 2 nitrogen and oxygen atoms in total. The largest absolute Gasteiger partial charge is 0.507 e. The van der Waals surface area contributed by atoms with Gasteiger partial charge in [0.05, 0.1) is 0 Å². The Labute approximate surface area is 87.8 Å². The lowest BCUT2D eigenvalue weighted by molar-refractivity contribution is 0.112. The van der Waals surface area contributed by atoms with Gasteiger partial charge in [-0.3, -0.25) is 4.79 Å². The fourth-order valence-corrected chi connectivity index (χ4v) is 1.58. The third-order valence-electron chi connectivity index (χ3n) is 2.26. The summed E-state index contributed by atoms with van der Waals surface area (Å²) in [7, 11) is 0. The van der Waals surface area contributed by atoms with Crippen molar-refractivity contribution in [1.29, 1.82) is 0 Å². The van der Waals surface area contributed by atoms with Crippen molar-refractivity contribution >= 4 is 6.29 Å². The molecule has 2 aromatic rings. The molecule has 0 atom stereocenters. The van der Waals surface area contributed by atoms with Crippen LogP contribution in [0.2, 0.25) is 0 Å². The highest BCUT2D eigenvalue weighted by Crippen LogP contribution is 2.31. The van der Waals surface area contributed by atoms with Crippen LogP contribution >= 0.6 is 0 Å². The van der Waals surface area contributed by atoms with Gasteiger partial charge in [0.1, 0.15) is 5.75 Å². The van der Waals surface area contributed by atoms with E-state index >= 15 is 0 Å². The SMILES string of the molecule is O=Cc1cccc(O)c1-c1ccccc1. The maximum Gasteiger partial charge on any atom is 0.150 e. The molecule has 0 aliphatic carbocycles. The fraction of sp³-hybridized carbons (Fsp3) is 0. The molecule has 74 valence electrons. The van der Waals surface area contributed by atoms with Gasteiger partial charge in [0, 0.05) is 11.1 Å². The lowest BCUT2D eigenvalue weighted by Crippen LogP contribution is -1.87. The third-order valence-corrected chi connectivity index (χ3v) is 2.26. The smallest absolute Gasteiger partial charge is 0.150 e. The summed E-state index contributed by atoms with van der Waals surface area (Å²) in [6.45, 7) is 0. The highest BCUT2D eigenvalue weighted by molar-refractivity contribution is 5.90. The van der Waals surface area contributed by atoms with Gasteiger partial charge < -0.3 is 5.11 Å². The Balaban J connectivity index is 2.66. The van der Waals surface area contributed by atoms with Crippen molar-refractivity contribution in [2.24, 2.45) is 0 Å². The molecule has 0 saturated heterocycles. The number of carbonyl (C=O) groups is 1. The van der Waals surface area contributed by atoms with E-state index in [0.29, 0.717) is 11.1 Å². The quantitative estimate of drug-likeness (QED) is 0.753. The van der Waals surface area contributed by atoms with Crippen molar-refractivity contribution in [3.63, 3.8) is 0 Å². The summed E-state index contributed by atoms with van der Waals surface area (Å²) in [5.74, 6) is 0.130. The minimum absolute atomic E-state index is 0.130. The maximum absolute atomic E-state index is 10.8. The number of hydrogen-bond donors (Lipinski definition) is 1. The van der Waals surface area contributed by atoms with Gasteiger partial charge in [-0.1, -0.05) is 42.5 Å². The van der Waals surface area contributed by atoms with Crippen LogP contribution in [0.4, 0.5) is 0 Å². The Bertz CT molecular complexity index is 475. The molecular weight excluding hydrogens is 188 g/mol. The molecule has 1 N–H and O–H groups in total. The van der Waals surface area contributed by atoms with E-state index < -0.39 is 0 Å². The van der Waals surface area contributed by atoms with Gasteiger partial charge in [-0.2, -0.15) is 0 Å². The summed E-state index contributed by atoms with van der Waals surface area (Å²) in [6, 6.07) is 14.3. The fourth-order valence-electron chi connectivity index (χ4n) is 1.58. The Morgan fingerprint density at radius 3 is 2.33 bits per heavy atom. The molecule has 0 saturated carbocycles. The van der Waals surface area contributed by atoms with Crippen LogP contribution in [0.15, 0.2) is 48.5 Å². The summed E-state index contributed by atoms with van der Waals surface area (Å²) in [6.07, 6.45) is 0.752. The molecule has 0 spiro atoms. The minimum Gasteiger partial charge on any atom is -0.507 e. The second kappa shape index (κ2) is 3.96. The first-order valence-electron chi connectivity index (χ1n) is 4.65. The Kier molecular flexibility index (Phi) is 2.50. The van der Waals surface area contributed by atoms with Crippen molar-refractivity contribution in [2.75, 3.05) is 0 Å². The first-order valence-corrected chi connectivity index (χ1v) is 4.65. The van der Waals surface area contributed by atoms with Crippen LogP contribution in [0.3, 0.4) is 0 Å². The average Bonchev–Trinajstić information content (AvgIpc) is 2.29. The zero-order chi connectivity index (χ0) is 10.7. The van der Waals surface area contributed by atoms with E-state index in [9.17, 15) is 9.90 Å². The minimum atomic E-state index is 0.130. The average molecular weight is 198 g/mol. The van der Waals surface area contributed by atoms with E-state index in [-0.39, 0.29) is 5.75 Å². The standard InChI is InChI=1S/C13H10O2/c14-9-11-7-4-8-12(15)13(11)10-5-2-1-3-6-10/h1-9,15H. The Morgan fingerprint density at radius 1 is 0.933 bits per heavy atom. The second-order valence-electron chi connectivity index (χ2n) is 3.23. The van der Waals surface area contributed by atoms with E-state index in [1.54, 1.807) is 18.2 Å². The molecule has 0 radical (unpaired) electrons. The monoisotopic (exact) mass is 198 g/mol. The molecule has 0 unspecified atom stereocenters. The molecule has 0 amide bonds. The topological polar surface area (TPSA) is 37.3 Å². The second-order valence-corrected chi connectivity index (χ2v) is 3.23. The molecule has 0 aromatic heterocycles. The van der Waals surface area contributed by atoms with Gasteiger partial charge in [-0.25, -0.2) is 0 Å². The molecule has 2 aromatic carbocycles. The van der Waals surface area contributed by atoms with Crippen LogP contribution in [-0.4, -0.2) is 11.4 Å². The van der Waals surface area contributed by atoms with Crippen molar-refractivity contribution in [3.05, 3.63) is 54.1 Å². The number of aromatic hydroxyl groups is 1. The molecule has 0 heterocycles. The Morgan fingerprint density at radius 2 is 1.67 bits per heavy atom. The van der Waals surface area contributed by atoms with Crippen molar-refractivity contribution in [1.82, 2.24) is 0 Å². The lowest BCUT2D eigenvalue weighted by Gasteiger charge is -2.06. The number of phenolic OH excluding ortho intramolecular Hbond substituents is 1. The van der Waals surface area contributed by atoms with Gasteiger partial charge in [0.15, 0.2) is 6.29 Å². The van der Waals surface area contributed by atoms with Gasteiger partial charge in [0.25, 0.3) is 0 Å². The van der Waals surface area contributed by atoms with Gasteiger partial charge in [-0.05, 0) is 11.6 Å². The lowest BCUT2D eigenvalue weighted by atomic mass is 9.99. The number of carbonyl (C=O) groups excluding carboxylic acids is 1. The zero-order valence-electron chi connectivity index (χ0n) is 8.05. The summed E-state index contributed by atoms with van der Waals surface area (Å²) in [4.78, 5) is 10.8. The van der Waals surface area contributed by atoms with E-state index in [1.165, 1.54) is 0 Å². The maximum atomic E-state index is 10.8. The highest BCUT2D eigenvalue weighted by atomic mass is 16.3. The number of rotatable bonds is 2. The molecule has 0 aliphatic heterocycles. The van der Waals surface area contributed by atoms with E-state index in [1.807, 2.05) is 30.3 Å². The summed E-state index contributed by atoms with van der Waals surface area (Å²) < 4.78 is 0. The van der Waals surface area contributed by atoms with E-state index in [4.69, 9.17) is 0 Å². The van der Waals surface area contributed by atoms with Crippen LogP contribution in [-0.2, 0) is 0 Å². The Hall–Kier alpha value is -2.09. The number of phenols is 1. The highest BCUT2D eigenvalue weighted by Gasteiger charge is 2.08. The number of hydrogen-bond acceptors (Lipinski definition) is 2. The summed E-state index contributed by atoms with van der Waals surface area (Å²) >= 11 is 0. The summed E-state index contributed by atoms with van der Waals surface area (Å²) in [5, 5.41) is 9.72. The molecule has 2 heteroatoms. The predicted octanol–water partition coefficient (Wildman–Crippen LogP) is 2.87. The number of benzene rings is 2. The van der Waals surface area contributed by atoms with Crippen LogP contribution in [0.5, 0.6) is 5.75 Å². The first kappa shape index (κ1) is 9.46. The molecule has 2 rings (SSSR count). The van der Waals surface area contributed by atoms with Crippen LogP contribution < -0.4 is 0 Å². The van der Waals surface area contributed by atoms with E-state index in [2.05, 4.69) is 0 Å². The molecular formula is C13H10O2. The van der Waals surface area contributed by atoms with Crippen molar-refractivity contribution in [2.45, 2.75) is 0 Å². The number of aldehydes is 1. The molecule has 0 fully saturated rings. The normalized spacial score (nSPS) is 9.87. The summed E-state index contributed by atoms with van der Waals surface area (Å²) in [5.41, 5.74) is 1.94. The molecule has 0 aliphatic rings. The van der Waals surface area contributed by atoms with Gasteiger partial charge in [-0.15, -0.1) is 0 Å². The third kappa shape index (κ3) is 1.74.